The van der Waals surface area contributed by atoms with Crippen molar-refractivity contribution >= 4 is 11.9 Å². The van der Waals surface area contributed by atoms with Gasteiger partial charge >= 0.3 is 5.97 Å². The molecule has 7 nitrogen and oxygen atoms in total. The number of aliphatic hydroxyl groups is 2. The maximum absolute atomic E-state index is 11.9. The van der Waals surface area contributed by atoms with Gasteiger partial charge in [-0.25, -0.2) is 4.79 Å². The molecule has 0 saturated heterocycles. The van der Waals surface area contributed by atoms with Crippen LogP contribution in [-0.4, -0.2) is 60.0 Å². The molecule has 0 unspecified atom stereocenters. The van der Waals surface area contributed by atoms with Crippen LogP contribution in [0.1, 0.15) is 122 Å². The summed E-state index contributed by atoms with van der Waals surface area (Å²) < 4.78 is 0. The van der Waals surface area contributed by atoms with Crippen LogP contribution < -0.4 is 5.32 Å². The lowest BCUT2D eigenvalue weighted by Crippen LogP contribution is -2.37. The molecule has 0 fully saturated rings. The van der Waals surface area contributed by atoms with Gasteiger partial charge in [0.1, 0.15) is 6.54 Å². The Labute approximate surface area is 202 Å². The van der Waals surface area contributed by atoms with Gasteiger partial charge in [0.25, 0.3) is 0 Å². The second-order valence-corrected chi connectivity index (χ2v) is 9.02. The van der Waals surface area contributed by atoms with Gasteiger partial charge < -0.3 is 20.4 Å². The molecule has 0 heterocycles. The van der Waals surface area contributed by atoms with E-state index in [-0.39, 0.29) is 32.2 Å². The molecule has 0 aliphatic heterocycles. The Hall–Kier alpha value is -1.18. The topological polar surface area (TPSA) is 99.1 Å². The third kappa shape index (κ3) is 23.8. The zero-order valence-electron chi connectivity index (χ0n) is 21.3. The maximum Gasteiger partial charge on any atom is 0.344 e. The van der Waals surface area contributed by atoms with Crippen LogP contribution in [0.4, 0.5) is 0 Å². The Bertz CT molecular complexity index is 448. The fraction of sp³-hybridized carbons (Fsp3) is 0.923. The third-order valence-electron chi connectivity index (χ3n) is 5.83. The summed E-state index contributed by atoms with van der Waals surface area (Å²) in [5.41, 5.74) is 0. The Morgan fingerprint density at radius 3 is 1.67 bits per heavy atom. The van der Waals surface area contributed by atoms with Crippen LogP contribution in [0, 0.1) is 0 Å². The zero-order valence-corrected chi connectivity index (χ0v) is 21.3. The molecule has 0 bridgehead atoms. The minimum absolute atomic E-state index is 0.0796. The number of carbonyl (C=O) groups is 2. The number of rotatable bonds is 25. The number of aliphatic hydroxyl groups excluding tert-OH is 2. The SMILES string of the molecule is CCCCCCCCCCCCCCCCCC(=O)NCC(=O)ON(CCO)CCCCO. The smallest absolute Gasteiger partial charge is 0.344 e. The summed E-state index contributed by atoms with van der Waals surface area (Å²) in [6.45, 7) is 2.70. The number of hydroxylamine groups is 2. The Morgan fingerprint density at radius 1 is 0.667 bits per heavy atom. The molecule has 0 aromatic heterocycles. The number of nitrogens with zero attached hydrogens (tertiary/aromatic N) is 1. The molecule has 0 aromatic rings. The predicted molar refractivity (Wildman–Crippen MR) is 134 cm³/mol. The van der Waals surface area contributed by atoms with Crippen LogP contribution in [0.25, 0.3) is 0 Å². The minimum Gasteiger partial charge on any atom is -0.396 e. The van der Waals surface area contributed by atoms with E-state index in [4.69, 9.17) is 15.1 Å². The lowest BCUT2D eigenvalue weighted by molar-refractivity contribution is -0.191. The van der Waals surface area contributed by atoms with Gasteiger partial charge in [-0.05, 0) is 19.3 Å². The number of unbranched alkanes of at least 4 members (excludes halogenated alkanes) is 15. The van der Waals surface area contributed by atoms with Gasteiger partial charge in [0.15, 0.2) is 0 Å². The van der Waals surface area contributed by atoms with Crippen molar-refractivity contribution in [2.75, 3.05) is 32.8 Å². The van der Waals surface area contributed by atoms with Gasteiger partial charge in [-0.2, -0.15) is 0 Å². The van der Waals surface area contributed by atoms with Gasteiger partial charge in [-0.1, -0.05) is 96.8 Å². The van der Waals surface area contributed by atoms with E-state index in [0.29, 0.717) is 25.8 Å². The quantitative estimate of drug-likeness (QED) is 0.129. The summed E-state index contributed by atoms with van der Waals surface area (Å²) in [4.78, 5) is 28.9. The number of amides is 1. The maximum atomic E-state index is 11.9. The first kappa shape index (κ1) is 31.8. The highest BCUT2D eigenvalue weighted by Crippen LogP contribution is 2.13. The molecule has 3 N–H and O–H groups in total. The summed E-state index contributed by atoms with van der Waals surface area (Å²) in [5.74, 6) is -0.673. The van der Waals surface area contributed by atoms with E-state index >= 15 is 0 Å². The molecule has 1 amide bonds. The summed E-state index contributed by atoms with van der Waals surface area (Å²) in [6, 6.07) is 0. The largest absolute Gasteiger partial charge is 0.396 e. The lowest BCUT2D eigenvalue weighted by Gasteiger charge is -2.20. The van der Waals surface area contributed by atoms with E-state index in [1.54, 1.807) is 0 Å². The average molecular weight is 473 g/mol. The van der Waals surface area contributed by atoms with Crippen molar-refractivity contribution in [3.8, 4) is 0 Å². The fourth-order valence-corrected chi connectivity index (χ4v) is 3.81. The molecule has 0 aliphatic rings. The van der Waals surface area contributed by atoms with Crippen LogP contribution in [-0.2, 0) is 14.4 Å². The first-order valence-electron chi connectivity index (χ1n) is 13.6. The molecule has 7 heteroatoms. The van der Waals surface area contributed by atoms with Crippen molar-refractivity contribution < 1.29 is 24.6 Å². The van der Waals surface area contributed by atoms with E-state index in [0.717, 1.165) is 19.3 Å². The highest BCUT2D eigenvalue weighted by molar-refractivity contribution is 5.81. The number of hydrogen-bond acceptors (Lipinski definition) is 6. The van der Waals surface area contributed by atoms with Crippen LogP contribution in [0.2, 0.25) is 0 Å². The average Bonchev–Trinajstić information content (AvgIpc) is 2.80. The summed E-state index contributed by atoms with van der Waals surface area (Å²) in [7, 11) is 0. The first-order chi connectivity index (χ1) is 16.1. The minimum atomic E-state index is -0.544. The second kappa shape index (κ2) is 25.4. The van der Waals surface area contributed by atoms with Gasteiger partial charge in [-0.3, -0.25) is 4.79 Å². The Morgan fingerprint density at radius 2 is 1.18 bits per heavy atom. The van der Waals surface area contributed by atoms with Crippen molar-refractivity contribution in [2.45, 2.75) is 122 Å². The van der Waals surface area contributed by atoms with E-state index < -0.39 is 5.97 Å². The second-order valence-electron chi connectivity index (χ2n) is 9.02. The molecular formula is C26H52N2O5. The van der Waals surface area contributed by atoms with Crippen LogP contribution >= 0.6 is 0 Å². The predicted octanol–water partition coefficient (Wildman–Crippen LogP) is 4.89. The zero-order chi connectivity index (χ0) is 24.4. The van der Waals surface area contributed by atoms with Gasteiger partial charge in [0.05, 0.1) is 13.2 Å². The van der Waals surface area contributed by atoms with E-state index in [9.17, 15) is 9.59 Å². The Balaban J connectivity index is 3.50. The number of hydrogen-bond donors (Lipinski definition) is 3. The van der Waals surface area contributed by atoms with E-state index in [1.807, 2.05) is 0 Å². The molecule has 0 aliphatic carbocycles. The van der Waals surface area contributed by atoms with E-state index in [2.05, 4.69) is 12.2 Å². The monoisotopic (exact) mass is 472 g/mol. The van der Waals surface area contributed by atoms with Crippen molar-refractivity contribution in [1.82, 2.24) is 10.4 Å². The molecule has 0 radical (unpaired) electrons. The van der Waals surface area contributed by atoms with Crippen LogP contribution in [0.3, 0.4) is 0 Å². The molecule has 0 spiro atoms. The highest BCUT2D eigenvalue weighted by Gasteiger charge is 2.12. The molecule has 0 rings (SSSR count). The third-order valence-corrected chi connectivity index (χ3v) is 5.83. The van der Waals surface area contributed by atoms with E-state index in [1.165, 1.54) is 82.1 Å². The van der Waals surface area contributed by atoms with Gasteiger partial charge in [-0.15, -0.1) is 5.06 Å². The number of carbonyl (C=O) groups excluding carboxylic acids is 2. The van der Waals surface area contributed by atoms with Crippen molar-refractivity contribution in [3.05, 3.63) is 0 Å². The standard InChI is InChI=1S/C26H52N2O5/c1-2-3-4-5-6-7-8-9-10-11-12-13-14-15-16-19-25(31)27-24-26(32)33-28(21-23-30)20-17-18-22-29/h29-30H,2-24H2,1H3,(H,27,31). The molecule has 0 atom stereocenters. The molecule has 33 heavy (non-hydrogen) atoms. The molecular weight excluding hydrogens is 420 g/mol. The molecule has 0 saturated carbocycles. The summed E-state index contributed by atoms with van der Waals surface area (Å²) in [5, 5.41) is 21.8. The first-order valence-corrected chi connectivity index (χ1v) is 13.6. The normalized spacial score (nSPS) is 11.2. The number of nitrogens with one attached hydrogen (secondary N) is 1. The summed E-state index contributed by atoms with van der Waals surface area (Å²) in [6.07, 6.45) is 21.0. The van der Waals surface area contributed by atoms with Crippen molar-refractivity contribution in [1.29, 1.82) is 0 Å². The van der Waals surface area contributed by atoms with Crippen molar-refractivity contribution in [3.63, 3.8) is 0 Å². The molecule has 0 aromatic carbocycles. The highest BCUT2D eigenvalue weighted by atomic mass is 16.7. The van der Waals surface area contributed by atoms with Crippen molar-refractivity contribution in [2.24, 2.45) is 0 Å². The van der Waals surface area contributed by atoms with Gasteiger partial charge in [0, 0.05) is 19.6 Å². The molecule has 196 valence electrons. The summed E-state index contributed by atoms with van der Waals surface area (Å²) >= 11 is 0. The Kier molecular flexibility index (Phi) is 24.5. The van der Waals surface area contributed by atoms with Crippen LogP contribution in [0.15, 0.2) is 0 Å². The van der Waals surface area contributed by atoms with Gasteiger partial charge in [0.2, 0.25) is 5.91 Å². The lowest BCUT2D eigenvalue weighted by atomic mass is 10.0. The fourth-order valence-electron chi connectivity index (χ4n) is 3.81. The van der Waals surface area contributed by atoms with Crippen LogP contribution in [0.5, 0.6) is 0 Å².